The molecular weight excluding hydrogens is 158 g/mol. The fourth-order valence-corrected chi connectivity index (χ4v) is 0.771. The Morgan fingerprint density at radius 2 is 2.30 bits per heavy atom. The van der Waals surface area contributed by atoms with Crippen LogP contribution in [0.1, 0.15) is 0 Å². The molecule has 1 radical (unpaired) electrons. The highest BCUT2D eigenvalue weighted by Crippen LogP contribution is 1.88. The summed E-state index contributed by atoms with van der Waals surface area (Å²) in [5, 5.41) is 8.64. The molecule has 0 aliphatic heterocycles. The van der Waals surface area contributed by atoms with E-state index in [2.05, 4.69) is 11.8 Å². The Hall–Kier alpha value is -0.490. The van der Waals surface area contributed by atoms with Crippen molar-refractivity contribution < 1.29 is 14.5 Å². The first kappa shape index (κ1) is 9.51. The average molecular weight is 166 g/mol. The summed E-state index contributed by atoms with van der Waals surface area (Å²) in [4.78, 5) is 13.5. The largest absolute Gasteiger partial charge is 0.616 e. The van der Waals surface area contributed by atoms with Crippen molar-refractivity contribution in [2.24, 2.45) is 0 Å². The first-order valence-corrected chi connectivity index (χ1v) is 4.07. The molecule has 0 rings (SSSR count). The maximum absolute atomic E-state index is 10.5. The molecule has 10 heavy (non-hydrogen) atoms. The first-order valence-electron chi connectivity index (χ1n) is 2.58. The Morgan fingerprint density at radius 1 is 1.70 bits per heavy atom. The van der Waals surface area contributed by atoms with Gasteiger partial charge < -0.3 is 9.39 Å². The van der Waals surface area contributed by atoms with Crippen molar-refractivity contribution in [3.63, 3.8) is 0 Å². The Kier molecular flexibility index (Phi) is 5.05. The SMILES string of the molecule is [CH2]C[S+]([O-])CCO[N+](=O)[O-]. The van der Waals surface area contributed by atoms with Crippen molar-refractivity contribution in [3.8, 4) is 0 Å². The van der Waals surface area contributed by atoms with Crippen molar-refractivity contribution in [3.05, 3.63) is 17.0 Å². The minimum atomic E-state index is -1.08. The van der Waals surface area contributed by atoms with Gasteiger partial charge in [0.05, 0.1) is 0 Å². The molecule has 59 valence electrons. The van der Waals surface area contributed by atoms with E-state index in [1.165, 1.54) is 0 Å². The lowest BCUT2D eigenvalue weighted by molar-refractivity contribution is -0.756. The highest BCUT2D eigenvalue weighted by atomic mass is 32.2. The molecule has 0 aliphatic carbocycles. The summed E-state index contributed by atoms with van der Waals surface area (Å²) in [6, 6.07) is 0. The van der Waals surface area contributed by atoms with Gasteiger partial charge in [0.2, 0.25) is 0 Å². The standard InChI is InChI=1S/C4H8NO4S/c1-2-10(8)4-3-9-5(6)7/h1-4H2. The molecule has 1 atom stereocenters. The number of rotatable bonds is 5. The lowest BCUT2D eigenvalue weighted by Gasteiger charge is -2.05. The summed E-state index contributed by atoms with van der Waals surface area (Å²) in [6.07, 6.45) is 0. The second-order valence-electron chi connectivity index (χ2n) is 1.40. The molecule has 0 bridgehead atoms. The summed E-state index contributed by atoms with van der Waals surface area (Å²) in [7, 11) is 0. The van der Waals surface area contributed by atoms with Crippen molar-refractivity contribution in [1.82, 2.24) is 0 Å². The molecule has 0 aromatic heterocycles. The third-order valence-corrected chi connectivity index (χ3v) is 1.81. The van der Waals surface area contributed by atoms with Crippen LogP contribution in [-0.2, 0) is 16.0 Å². The minimum absolute atomic E-state index is 0.116. The maximum atomic E-state index is 10.5. The van der Waals surface area contributed by atoms with Gasteiger partial charge in [0.25, 0.3) is 5.09 Å². The third-order valence-electron chi connectivity index (χ3n) is 0.735. The van der Waals surface area contributed by atoms with Crippen LogP contribution in [0.15, 0.2) is 0 Å². The van der Waals surface area contributed by atoms with Gasteiger partial charge in [-0.2, -0.15) is 0 Å². The second kappa shape index (κ2) is 5.31. The topological polar surface area (TPSA) is 75.4 Å². The van der Waals surface area contributed by atoms with Crippen LogP contribution in [0, 0.1) is 17.0 Å². The third kappa shape index (κ3) is 5.64. The molecule has 0 fully saturated rings. The van der Waals surface area contributed by atoms with Gasteiger partial charge in [-0.05, 0) is 6.92 Å². The minimum Gasteiger partial charge on any atom is -0.616 e. The average Bonchev–Trinajstić information content (AvgIpc) is 1.87. The molecule has 0 N–H and O–H groups in total. The summed E-state index contributed by atoms with van der Waals surface area (Å²) in [5.41, 5.74) is 0. The normalized spacial score (nSPS) is 12.6. The van der Waals surface area contributed by atoms with Gasteiger partial charge in [-0.1, -0.05) is 11.2 Å². The van der Waals surface area contributed by atoms with E-state index in [9.17, 15) is 14.7 Å². The molecule has 5 nitrogen and oxygen atoms in total. The zero-order chi connectivity index (χ0) is 7.98. The van der Waals surface area contributed by atoms with Crippen molar-refractivity contribution in [2.75, 3.05) is 18.1 Å². The molecule has 0 aromatic rings. The van der Waals surface area contributed by atoms with Crippen molar-refractivity contribution >= 4 is 11.2 Å². The Labute approximate surface area is 61.6 Å². The molecule has 0 spiro atoms. The summed E-state index contributed by atoms with van der Waals surface area (Å²) in [5.74, 6) is 0.436. The van der Waals surface area contributed by atoms with Crippen LogP contribution >= 0.6 is 0 Å². The van der Waals surface area contributed by atoms with Crippen LogP contribution in [0.25, 0.3) is 0 Å². The maximum Gasteiger partial charge on any atom is 0.294 e. The van der Waals surface area contributed by atoms with Crippen LogP contribution in [0.5, 0.6) is 0 Å². The second-order valence-corrected chi connectivity index (χ2v) is 3.10. The predicted molar refractivity (Wildman–Crippen MR) is 36.2 cm³/mol. The molecule has 0 aliphatic rings. The molecule has 0 heterocycles. The lowest BCUT2D eigenvalue weighted by atomic mass is 10.9. The highest BCUT2D eigenvalue weighted by molar-refractivity contribution is 7.91. The van der Waals surface area contributed by atoms with E-state index in [-0.39, 0.29) is 18.1 Å². The predicted octanol–water partition coefficient (Wildman–Crippen LogP) is -0.223. The van der Waals surface area contributed by atoms with Crippen LogP contribution in [0.3, 0.4) is 0 Å². The Morgan fingerprint density at radius 3 is 2.70 bits per heavy atom. The molecule has 0 saturated carbocycles. The van der Waals surface area contributed by atoms with Gasteiger partial charge in [0.1, 0.15) is 18.1 Å². The molecule has 0 amide bonds. The quantitative estimate of drug-likeness (QED) is 0.321. The Bertz CT molecular complexity index is 109. The number of hydrogen-bond donors (Lipinski definition) is 0. The van der Waals surface area contributed by atoms with Crippen LogP contribution in [0.2, 0.25) is 0 Å². The van der Waals surface area contributed by atoms with Crippen LogP contribution in [-0.4, -0.2) is 27.8 Å². The smallest absolute Gasteiger partial charge is 0.294 e. The van der Waals surface area contributed by atoms with Gasteiger partial charge in [0.15, 0.2) is 0 Å². The summed E-state index contributed by atoms with van der Waals surface area (Å²) >= 11 is -1.08. The van der Waals surface area contributed by atoms with Gasteiger partial charge in [0, 0.05) is 0 Å². The molecular formula is C4H8NO4S. The monoisotopic (exact) mass is 166 g/mol. The molecule has 0 aromatic carbocycles. The lowest BCUT2D eigenvalue weighted by Crippen LogP contribution is -2.16. The van der Waals surface area contributed by atoms with E-state index in [0.29, 0.717) is 0 Å². The van der Waals surface area contributed by atoms with E-state index in [1.54, 1.807) is 0 Å². The first-order chi connectivity index (χ1) is 4.66. The molecule has 1 unspecified atom stereocenters. The van der Waals surface area contributed by atoms with E-state index in [4.69, 9.17) is 0 Å². The number of nitrogens with zero attached hydrogens (tertiary/aromatic N) is 1. The number of hydrogen-bond acceptors (Lipinski definition) is 4. The van der Waals surface area contributed by atoms with Crippen molar-refractivity contribution in [2.45, 2.75) is 0 Å². The van der Waals surface area contributed by atoms with Gasteiger partial charge in [-0.15, -0.1) is 10.1 Å². The van der Waals surface area contributed by atoms with Crippen LogP contribution in [0.4, 0.5) is 0 Å². The van der Waals surface area contributed by atoms with E-state index in [1.807, 2.05) is 0 Å². The van der Waals surface area contributed by atoms with Crippen LogP contribution < -0.4 is 0 Å². The molecule has 6 heteroatoms. The van der Waals surface area contributed by atoms with Gasteiger partial charge in [-0.3, -0.25) is 0 Å². The van der Waals surface area contributed by atoms with Gasteiger partial charge in [-0.25, -0.2) is 0 Å². The molecule has 0 saturated heterocycles. The van der Waals surface area contributed by atoms with Gasteiger partial charge >= 0.3 is 0 Å². The zero-order valence-corrected chi connectivity index (χ0v) is 6.13. The fourth-order valence-electron chi connectivity index (χ4n) is 0.307. The summed E-state index contributed by atoms with van der Waals surface area (Å²) in [6.45, 7) is 3.24. The van der Waals surface area contributed by atoms with E-state index < -0.39 is 16.3 Å². The van der Waals surface area contributed by atoms with E-state index >= 15 is 0 Å². The van der Waals surface area contributed by atoms with Crippen molar-refractivity contribution in [1.29, 1.82) is 0 Å². The fraction of sp³-hybridized carbons (Fsp3) is 0.750. The zero-order valence-electron chi connectivity index (χ0n) is 5.32. The summed E-state index contributed by atoms with van der Waals surface area (Å²) < 4.78 is 10.5. The van der Waals surface area contributed by atoms with E-state index in [0.717, 1.165) is 0 Å². The highest BCUT2D eigenvalue weighted by Gasteiger charge is 2.03. The Balaban J connectivity index is 3.11.